The summed E-state index contributed by atoms with van der Waals surface area (Å²) in [7, 11) is 0. The lowest BCUT2D eigenvalue weighted by atomic mass is 9.87. The molecule has 0 bridgehead atoms. The first kappa shape index (κ1) is 37.7. The number of carbonyl (C=O) groups excluding carboxylic acids is 5. The summed E-state index contributed by atoms with van der Waals surface area (Å²) in [4.78, 5) is 69.5. The monoisotopic (exact) mass is 660 g/mol. The van der Waals surface area contributed by atoms with Crippen LogP contribution in [-0.2, 0) is 51.2 Å². The number of para-hydroxylation sites is 1. The number of aromatic nitrogens is 1. The molecule has 10 nitrogen and oxygen atoms in total. The minimum absolute atomic E-state index is 0.00490. The summed E-state index contributed by atoms with van der Waals surface area (Å²) in [5, 5.41) is 3.72. The van der Waals surface area contributed by atoms with Gasteiger partial charge in [0, 0.05) is 29.9 Å². The van der Waals surface area contributed by atoms with Crippen LogP contribution in [0.25, 0.3) is 10.9 Å². The van der Waals surface area contributed by atoms with Gasteiger partial charge in [0.2, 0.25) is 5.91 Å². The number of fused-ring (bicyclic) bond motifs is 1. The van der Waals surface area contributed by atoms with Gasteiger partial charge < -0.3 is 24.5 Å². The summed E-state index contributed by atoms with van der Waals surface area (Å²) in [6, 6.07) is 15.7. The van der Waals surface area contributed by atoms with E-state index in [2.05, 4.69) is 16.9 Å². The molecule has 2 aromatic carbocycles. The number of aromatic amines is 1. The van der Waals surface area contributed by atoms with Crippen molar-refractivity contribution in [2.45, 2.75) is 85.0 Å². The van der Waals surface area contributed by atoms with Crippen LogP contribution in [0.4, 0.5) is 0 Å². The van der Waals surface area contributed by atoms with Crippen molar-refractivity contribution in [1.82, 2.24) is 10.3 Å². The number of Topliss-reactive ketones (excluding diaryl/α,β-unsaturated/α-hetero) is 1. The molecule has 10 heteroatoms. The van der Waals surface area contributed by atoms with Crippen LogP contribution in [0.2, 0.25) is 0 Å². The molecule has 0 saturated carbocycles. The Kier molecular flexibility index (Phi) is 14.1. The maximum absolute atomic E-state index is 14.0. The fourth-order valence-corrected chi connectivity index (χ4v) is 5.28. The molecule has 0 aliphatic carbocycles. The summed E-state index contributed by atoms with van der Waals surface area (Å²) in [5.74, 6) is -4.53. The highest BCUT2D eigenvalue weighted by Gasteiger charge is 2.33. The third kappa shape index (κ3) is 12.1. The average molecular weight is 661 g/mol. The van der Waals surface area contributed by atoms with E-state index in [1.165, 1.54) is 6.08 Å². The van der Waals surface area contributed by atoms with Crippen molar-refractivity contribution < 1.29 is 38.2 Å². The number of ketones is 1. The Hall–Kier alpha value is -4.73. The molecule has 0 spiro atoms. The Morgan fingerprint density at radius 2 is 1.60 bits per heavy atom. The molecular formula is C38H48N2O8. The van der Waals surface area contributed by atoms with Crippen LogP contribution in [0, 0.1) is 17.8 Å². The van der Waals surface area contributed by atoms with Crippen LogP contribution < -0.4 is 5.32 Å². The van der Waals surface area contributed by atoms with Crippen molar-refractivity contribution in [3.63, 3.8) is 0 Å². The van der Waals surface area contributed by atoms with E-state index in [4.69, 9.17) is 14.2 Å². The molecule has 1 heterocycles. The zero-order valence-corrected chi connectivity index (χ0v) is 28.6. The lowest BCUT2D eigenvalue weighted by Gasteiger charge is -2.25. The quantitative estimate of drug-likeness (QED) is 0.0958. The number of nitrogens with one attached hydrogen (secondary N) is 2. The van der Waals surface area contributed by atoms with Gasteiger partial charge in [-0.05, 0) is 56.7 Å². The second-order valence-electron chi connectivity index (χ2n) is 13.2. The van der Waals surface area contributed by atoms with Gasteiger partial charge in [-0.3, -0.25) is 24.0 Å². The highest BCUT2D eigenvalue weighted by Crippen LogP contribution is 2.24. The van der Waals surface area contributed by atoms with Gasteiger partial charge in [-0.2, -0.15) is 0 Å². The van der Waals surface area contributed by atoms with E-state index in [1.807, 2.05) is 54.6 Å². The van der Waals surface area contributed by atoms with E-state index in [-0.39, 0.29) is 51.2 Å². The number of rotatable bonds is 18. The maximum atomic E-state index is 14.0. The number of benzene rings is 2. The van der Waals surface area contributed by atoms with Gasteiger partial charge in [0.1, 0.15) is 18.8 Å². The molecule has 48 heavy (non-hydrogen) atoms. The number of hydrogen-bond acceptors (Lipinski definition) is 8. The molecule has 0 saturated heterocycles. The molecule has 3 rings (SSSR count). The van der Waals surface area contributed by atoms with E-state index in [0.29, 0.717) is 0 Å². The fraction of sp³-hybridized carbons (Fsp3) is 0.447. The minimum Gasteiger partial charge on any atom is -0.461 e. The molecule has 3 aromatic rings. The molecule has 1 aromatic heterocycles. The Morgan fingerprint density at radius 3 is 2.27 bits per heavy atom. The van der Waals surface area contributed by atoms with Gasteiger partial charge >= 0.3 is 17.9 Å². The first-order valence-corrected chi connectivity index (χ1v) is 16.3. The van der Waals surface area contributed by atoms with Gasteiger partial charge in [0.15, 0.2) is 5.78 Å². The third-order valence-corrected chi connectivity index (χ3v) is 7.80. The summed E-state index contributed by atoms with van der Waals surface area (Å²) in [5.41, 5.74) is 1.78. The van der Waals surface area contributed by atoms with Crippen LogP contribution in [0.5, 0.6) is 0 Å². The van der Waals surface area contributed by atoms with Gasteiger partial charge in [-0.15, -0.1) is 0 Å². The number of hydrogen-bond donors (Lipinski definition) is 2. The smallest absolute Gasteiger partial charge is 0.309 e. The molecule has 0 unspecified atom stereocenters. The van der Waals surface area contributed by atoms with E-state index < -0.39 is 53.1 Å². The number of carbonyl (C=O) groups is 5. The number of esters is 3. The maximum Gasteiger partial charge on any atom is 0.309 e. The van der Waals surface area contributed by atoms with Crippen LogP contribution in [-0.4, -0.2) is 52.8 Å². The predicted octanol–water partition coefficient (Wildman–Crippen LogP) is 6.03. The lowest BCUT2D eigenvalue weighted by Crippen LogP contribution is -2.46. The largest absolute Gasteiger partial charge is 0.461 e. The summed E-state index contributed by atoms with van der Waals surface area (Å²) < 4.78 is 16.2. The predicted molar refractivity (Wildman–Crippen MR) is 182 cm³/mol. The summed E-state index contributed by atoms with van der Waals surface area (Å²) >= 11 is 0. The van der Waals surface area contributed by atoms with E-state index >= 15 is 0 Å². The second-order valence-corrected chi connectivity index (χ2v) is 13.2. The van der Waals surface area contributed by atoms with Crippen LogP contribution in [0.3, 0.4) is 0 Å². The topological polar surface area (TPSA) is 141 Å². The minimum atomic E-state index is -1.12. The molecule has 0 aliphatic rings. The standard InChI is InChI=1S/C38H48N2O8/c1-7-19-46-37(45)30(25(2)3)22-33(41)32(17-18-34(42)48-38(4,5)6)40-36(44)27(20-28-23-39-31-16-12-11-15-29(28)31)21-35(43)47-24-26-13-9-8-10-14-26/h7-16,23,25,27,30,32,39H,1,17-22,24H2,2-6H3,(H,40,44)/t27-,30-,32+/m1/s1. The fourth-order valence-electron chi connectivity index (χ4n) is 5.28. The van der Waals surface area contributed by atoms with E-state index in [9.17, 15) is 24.0 Å². The molecule has 258 valence electrons. The van der Waals surface area contributed by atoms with E-state index in [1.54, 1.807) is 40.8 Å². The van der Waals surface area contributed by atoms with Crippen molar-refractivity contribution in [2.24, 2.45) is 17.8 Å². The number of H-pyrrole nitrogens is 1. The second kappa shape index (κ2) is 18.0. The van der Waals surface area contributed by atoms with Crippen LogP contribution in [0.15, 0.2) is 73.4 Å². The SMILES string of the molecule is C=CCOC(=O)[C@H](CC(=O)[C@H](CCC(=O)OC(C)(C)C)NC(=O)[C@@H](CC(=O)OCc1ccccc1)Cc1c[nH]c2ccccc12)C(C)C. The Morgan fingerprint density at radius 1 is 0.917 bits per heavy atom. The van der Waals surface area contributed by atoms with Gasteiger partial charge in [0.25, 0.3) is 0 Å². The Bertz CT molecular complexity index is 1550. The molecule has 0 fully saturated rings. The first-order valence-electron chi connectivity index (χ1n) is 16.3. The van der Waals surface area contributed by atoms with Gasteiger partial charge in [-0.1, -0.05) is 75.0 Å². The molecule has 0 aliphatic heterocycles. The Labute approximate surface area is 282 Å². The molecule has 0 radical (unpaired) electrons. The van der Waals surface area contributed by atoms with E-state index in [0.717, 1.165) is 22.0 Å². The molecule has 3 atom stereocenters. The number of amides is 1. The third-order valence-electron chi connectivity index (χ3n) is 7.80. The first-order chi connectivity index (χ1) is 22.8. The van der Waals surface area contributed by atoms with Crippen molar-refractivity contribution in [3.05, 3.63) is 84.6 Å². The highest BCUT2D eigenvalue weighted by molar-refractivity contribution is 5.93. The van der Waals surface area contributed by atoms with Gasteiger partial charge in [-0.25, -0.2) is 0 Å². The highest BCUT2D eigenvalue weighted by atomic mass is 16.6. The van der Waals surface area contributed by atoms with Crippen molar-refractivity contribution in [3.8, 4) is 0 Å². The lowest BCUT2D eigenvalue weighted by molar-refractivity contribution is -0.155. The van der Waals surface area contributed by atoms with Crippen molar-refractivity contribution in [2.75, 3.05) is 6.61 Å². The van der Waals surface area contributed by atoms with Crippen LogP contribution in [0.1, 0.15) is 71.4 Å². The molecule has 2 N–H and O–H groups in total. The van der Waals surface area contributed by atoms with Crippen LogP contribution >= 0.6 is 0 Å². The zero-order valence-electron chi connectivity index (χ0n) is 28.6. The van der Waals surface area contributed by atoms with Gasteiger partial charge in [0.05, 0.1) is 24.3 Å². The number of ether oxygens (including phenoxy) is 3. The summed E-state index contributed by atoms with van der Waals surface area (Å²) in [6.07, 6.45) is 2.78. The summed E-state index contributed by atoms with van der Waals surface area (Å²) in [6.45, 7) is 12.4. The molecule has 1 amide bonds. The zero-order chi connectivity index (χ0) is 35.3. The van der Waals surface area contributed by atoms with Crippen molar-refractivity contribution >= 4 is 40.5 Å². The normalized spacial score (nSPS) is 13.3. The van der Waals surface area contributed by atoms with Crippen molar-refractivity contribution in [1.29, 1.82) is 0 Å². The molecular weight excluding hydrogens is 612 g/mol. The Balaban J connectivity index is 1.85. The average Bonchev–Trinajstić information content (AvgIpc) is 3.45.